The van der Waals surface area contributed by atoms with Gasteiger partial charge in [-0.15, -0.1) is 0 Å². The molecular weight excluding hydrogens is 975 g/mol. The lowest BCUT2D eigenvalue weighted by Crippen LogP contribution is -2.71. The molecule has 4 aliphatic rings. The van der Waals surface area contributed by atoms with Gasteiger partial charge in [-0.2, -0.15) is 0 Å². The van der Waals surface area contributed by atoms with Crippen molar-refractivity contribution in [3.05, 3.63) is 11.8 Å². The first-order valence-electron chi connectivity index (χ1n) is 25.2. The number of alkyl carbamates (subject to hydrolysis) is 2. The number of hydrogen-bond acceptors (Lipinski definition) is 19. The Morgan fingerprint density at radius 2 is 1.45 bits per heavy atom. The summed E-state index contributed by atoms with van der Waals surface area (Å²) in [5.41, 5.74) is 0.694. The summed E-state index contributed by atoms with van der Waals surface area (Å²) < 4.78 is 46.7. The maximum absolute atomic E-state index is 14.0. The summed E-state index contributed by atoms with van der Waals surface area (Å²) in [6.07, 6.45) is -12.8. The van der Waals surface area contributed by atoms with E-state index in [1.54, 1.807) is 89.2 Å². The van der Waals surface area contributed by atoms with Crippen molar-refractivity contribution in [2.75, 3.05) is 46.4 Å². The number of carbonyl (C=O) groups is 6. The molecule has 0 aromatic carbocycles. The standard InChI is InChI=1S/C49H85N7O18/c1-45(2,3)71-41(62)51-18-17-31(57)39(61)53-30-22-29(54-42(63)72-46(4,5)6)33(34(59)37(30)70-40-35(60)38(49(13,66)25-68-40)55(14)43(64)73-47(7,8)9)36-28(16-15-26(23-50)69-36)52-32(58)21-27-24-56(19-20-67-27)44(65)74-48(10,11)12/h15,27-31,33-38,40,57,59-60,66H,16-25,50H2,1-14H3,(H,51,62)(H,52,58)(H,53,61)(H,54,63)/t27?,28-,29+,30-,31+,33?,34+,35-,36+,37+,38-,40-,49+/m1/s1. The highest BCUT2D eigenvalue weighted by molar-refractivity contribution is 5.81. The Morgan fingerprint density at radius 3 is 2.04 bits per heavy atom. The molecule has 25 heteroatoms. The Morgan fingerprint density at radius 1 is 0.838 bits per heavy atom. The SMILES string of the molecule is CN(C(=O)OC(C)(C)C)[C@@H]1[C@@H](O)[C@@H](O[C@H]2[C@H](NC(=O)[C@@H](O)CCNC(=O)OC(C)(C)C)C[C@H](NC(=O)OC(C)(C)C)C([C@H]3OC(CN)=CC[C@H]3NC(=O)CC3CN(C(=O)OC(C)(C)C)CCO3)[C@@H]2O)OC[C@]1(C)O. The third-order valence-electron chi connectivity index (χ3n) is 12.1. The molecule has 10 N–H and O–H groups in total. The molecule has 0 radical (unpaired) electrons. The highest BCUT2D eigenvalue weighted by atomic mass is 16.7. The predicted molar refractivity (Wildman–Crippen MR) is 264 cm³/mol. The van der Waals surface area contributed by atoms with E-state index < -0.39 is 144 Å². The van der Waals surface area contributed by atoms with Gasteiger partial charge in [-0.05, 0) is 115 Å². The van der Waals surface area contributed by atoms with Crippen molar-refractivity contribution >= 4 is 36.2 Å². The topological polar surface area (TPSA) is 338 Å². The predicted octanol–water partition coefficient (Wildman–Crippen LogP) is 1.25. The van der Waals surface area contributed by atoms with Crippen LogP contribution >= 0.6 is 0 Å². The fraction of sp³-hybridized carbons (Fsp3) is 0.837. The minimum Gasteiger partial charge on any atom is -0.491 e. The molecule has 0 spiro atoms. The molecule has 2 saturated heterocycles. The molecule has 1 saturated carbocycles. The third-order valence-corrected chi connectivity index (χ3v) is 12.1. The van der Waals surface area contributed by atoms with Crippen molar-refractivity contribution in [3.63, 3.8) is 0 Å². The van der Waals surface area contributed by atoms with E-state index in [-0.39, 0.29) is 64.2 Å². The van der Waals surface area contributed by atoms with Crippen molar-refractivity contribution in [1.29, 1.82) is 0 Å². The summed E-state index contributed by atoms with van der Waals surface area (Å²) >= 11 is 0. The van der Waals surface area contributed by atoms with Crippen LogP contribution in [0.15, 0.2) is 11.8 Å². The summed E-state index contributed by atoms with van der Waals surface area (Å²) in [5.74, 6) is -2.47. The van der Waals surface area contributed by atoms with Gasteiger partial charge in [-0.1, -0.05) is 0 Å². The lowest BCUT2D eigenvalue weighted by atomic mass is 9.72. The summed E-state index contributed by atoms with van der Waals surface area (Å²) in [5, 5.41) is 58.5. The monoisotopic (exact) mass is 1060 g/mol. The number of nitrogens with two attached hydrogens (primary N) is 1. The Balaban J connectivity index is 1.74. The molecule has 2 unspecified atom stereocenters. The van der Waals surface area contributed by atoms with Crippen LogP contribution in [0.2, 0.25) is 0 Å². The molecular formula is C49H85N7O18. The van der Waals surface area contributed by atoms with Crippen LogP contribution in [0.1, 0.15) is 116 Å². The molecule has 0 aromatic heterocycles. The molecule has 3 aliphatic heterocycles. The largest absolute Gasteiger partial charge is 0.491 e. The zero-order chi connectivity index (χ0) is 55.9. The summed E-state index contributed by atoms with van der Waals surface area (Å²) in [6.45, 7) is 21.1. The van der Waals surface area contributed by atoms with Crippen LogP contribution in [0, 0.1) is 5.92 Å². The number of aliphatic hydroxyl groups excluding tert-OH is 3. The lowest BCUT2D eigenvalue weighted by Gasteiger charge is -2.52. The van der Waals surface area contributed by atoms with Gasteiger partial charge in [0.15, 0.2) is 6.29 Å². The van der Waals surface area contributed by atoms with E-state index in [0.29, 0.717) is 0 Å². The lowest BCUT2D eigenvalue weighted by molar-refractivity contribution is -0.305. The second-order valence-corrected chi connectivity index (χ2v) is 23.6. The van der Waals surface area contributed by atoms with E-state index in [1.165, 1.54) is 18.9 Å². The average Bonchev–Trinajstić information content (AvgIpc) is 3.23. The van der Waals surface area contributed by atoms with Gasteiger partial charge in [-0.3, -0.25) is 9.59 Å². The van der Waals surface area contributed by atoms with Crippen LogP contribution in [0.5, 0.6) is 0 Å². The first-order chi connectivity index (χ1) is 34.0. The molecule has 4 rings (SSSR count). The molecule has 13 atom stereocenters. The molecule has 3 heterocycles. The van der Waals surface area contributed by atoms with Crippen LogP contribution in [-0.4, -0.2) is 208 Å². The fourth-order valence-electron chi connectivity index (χ4n) is 9.09. The van der Waals surface area contributed by atoms with E-state index in [9.17, 15) is 49.2 Å². The number of hydrogen-bond donors (Lipinski definition) is 9. The normalized spacial score (nSPS) is 30.3. The smallest absolute Gasteiger partial charge is 0.410 e. The van der Waals surface area contributed by atoms with Gasteiger partial charge in [-0.25, -0.2) is 19.2 Å². The zero-order valence-corrected chi connectivity index (χ0v) is 45.6. The van der Waals surface area contributed by atoms with Crippen molar-refractivity contribution in [1.82, 2.24) is 31.1 Å². The first kappa shape index (κ1) is 61.8. The number of nitrogens with one attached hydrogen (secondary N) is 4. The van der Waals surface area contributed by atoms with Gasteiger partial charge in [0.2, 0.25) is 11.8 Å². The molecule has 0 bridgehead atoms. The Labute approximate surface area is 434 Å². The number of nitrogens with zero attached hydrogens (tertiary/aromatic N) is 2. The van der Waals surface area contributed by atoms with Gasteiger partial charge in [0.25, 0.3) is 0 Å². The van der Waals surface area contributed by atoms with Gasteiger partial charge in [0.05, 0.1) is 63.1 Å². The summed E-state index contributed by atoms with van der Waals surface area (Å²) in [6, 6.07) is -4.87. The number of rotatable bonds is 14. The van der Waals surface area contributed by atoms with Gasteiger partial charge < -0.3 is 95.1 Å². The van der Waals surface area contributed by atoms with Gasteiger partial charge in [0.1, 0.15) is 58.2 Å². The maximum Gasteiger partial charge on any atom is 0.410 e. The molecule has 6 amide bonds. The second-order valence-electron chi connectivity index (χ2n) is 23.6. The van der Waals surface area contributed by atoms with Crippen LogP contribution < -0.4 is 27.0 Å². The van der Waals surface area contributed by atoms with E-state index in [1.807, 2.05) is 0 Å². The number of morpholine rings is 1. The van der Waals surface area contributed by atoms with Gasteiger partial charge in [0, 0.05) is 32.1 Å². The average molecular weight is 1060 g/mol. The van der Waals surface area contributed by atoms with Crippen LogP contribution in [0.25, 0.3) is 0 Å². The molecule has 74 heavy (non-hydrogen) atoms. The van der Waals surface area contributed by atoms with Crippen LogP contribution in [-0.2, 0) is 47.5 Å². The number of carbonyl (C=O) groups excluding carboxylic acids is 6. The Bertz CT molecular complexity index is 1980. The number of ether oxygens (including phenoxy) is 8. The van der Waals surface area contributed by atoms with E-state index in [2.05, 4.69) is 21.3 Å². The first-order valence-corrected chi connectivity index (χ1v) is 25.2. The molecule has 424 valence electrons. The van der Waals surface area contributed by atoms with Crippen LogP contribution in [0.3, 0.4) is 0 Å². The molecule has 25 nitrogen and oxygen atoms in total. The quantitative estimate of drug-likeness (QED) is 0.111. The van der Waals surface area contributed by atoms with E-state index in [4.69, 9.17) is 43.6 Å². The Hall–Kier alpha value is -4.76. The number of likely N-dealkylation sites (N-methyl/N-ethyl adjacent to an activating group) is 1. The number of aliphatic hydroxyl groups is 4. The third kappa shape index (κ3) is 18.5. The van der Waals surface area contributed by atoms with Crippen molar-refractivity contribution in [2.24, 2.45) is 11.7 Å². The summed E-state index contributed by atoms with van der Waals surface area (Å²) in [4.78, 5) is 82.7. The van der Waals surface area contributed by atoms with E-state index in [0.717, 1.165) is 4.90 Å². The van der Waals surface area contributed by atoms with Gasteiger partial charge >= 0.3 is 24.4 Å². The van der Waals surface area contributed by atoms with E-state index >= 15 is 0 Å². The summed E-state index contributed by atoms with van der Waals surface area (Å²) in [7, 11) is 1.31. The van der Waals surface area contributed by atoms with Crippen molar-refractivity contribution < 1.29 is 87.1 Å². The molecule has 3 fully saturated rings. The fourth-order valence-corrected chi connectivity index (χ4v) is 9.09. The second kappa shape index (κ2) is 24.9. The van der Waals surface area contributed by atoms with Crippen molar-refractivity contribution in [2.45, 2.75) is 211 Å². The Kier molecular flexibility index (Phi) is 20.8. The van der Waals surface area contributed by atoms with Crippen molar-refractivity contribution in [3.8, 4) is 0 Å². The minimum atomic E-state index is -1.88. The highest BCUT2D eigenvalue weighted by Crippen LogP contribution is 2.39. The molecule has 0 aromatic rings. The maximum atomic E-state index is 14.0. The minimum absolute atomic E-state index is 0.0629. The highest BCUT2D eigenvalue weighted by Gasteiger charge is 2.56. The number of amides is 6. The molecule has 1 aliphatic carbocycles. The van der Waals surface area contributed by atoms with Crippen LogP contribution in [0.4, 0.5) is 19.2 Å². The zero-order valence-electron chi connectivity index (χ0n) is 45.6.